The maximum Gasteiger partial charge on any atom is 0.247 e. The van der Waals surface area contributed by atoms with Gasteiger partial charge in [-0.1, -0.05) is 52.3 Å². The van der Waals surface area contributed by atoms with E-state index in [1.807, 2.05) is 54.6 Å². The Bertz CT molecular complexity index is 1030. The predicted molar refractivity (Wildman–Crippen MR) is 106 cm³/mol. The maximum atomic E-state index is 14.5. The standard InChI is InChI=1S/C21H15BrFN3O/c22-15-10-12-16(13-11-15)24-19(17-8-4-5-9-18(17)23)21-26-25-20(27-21)14-6-2-1-3-7-14/h1-13,19,24H/t19-/m0/s1. The Hall–Kier alpha value is -2.99. The fourth-order valence-corrected chi connectivity index (χ4v) is 3.01. The number of hydrogen-bond acceptors (Lipinski definition) is 4. The van der Waals surface area contributed by atoms with Gasteiger partial charge in [-0.05, 0) is 42.5 Å². The van der Waals surface area contributed by atoms with Crippen LogP contribution in [0, 0.1) is 5.82 Å². The number of halogens is 2. The summed E-state index contributed by atoms with van der Waals surface area (Å²) < 4.78 is 21.3. The molecule has 0 aliphatic heterocycles. The minimum atomic E-state index is -0.614. The Balaban J connectivity index is 1.73. The molecule has 0 bridgehead atoms. The molecule has 1 N–H and O–H groups in total. The monoisotopic (exact) mass is 423 g/mol. The summed E-state index contributed by atoms with van der Waals surface area (Å²) in [5.41, 5.74) is 2.06. The van der Waals surface area contributed by atoms with Crippen LogP contribution >= 0.6 is 15.9 Å². The topological polar surface area (TPSA) is 51.0 Å². The molecule has 0 aliphatic carbocycles. The molecule has 0 spiro atoms. The van der Waals surface area contributed by atoms with Crippen molar-refractivity contribution in [2.24, 2.45) is 0 Å². The van der Waals surface area contributed by atoms with Gasteiger partial charge < -0.3 is 9.73 Å². The van der Waals surface area contributed by atoms with Crippen LogP contribution in [0.25, 0.3) is 11.5 Å². The minimum absolute atomic E-state index is 0.293. The zero-order valence-electron chi connectivity index (χ0n) is 14.1. The lowest BCUT2D eigenvalue weighted by atomic mass is 10.1. The van der Waals surface area contributed by atoms with Crippen molar-refractivity contribution in [3.63, 3.8) is 0 Å². The molecule has 134 valence electrons. The van der Waals surface area contributed by atoms with Crippen molar-refractivity contribution in [1.29, 1.82) is 0 Å². The molecule has 1 aromatic heterocycles. The average molecular weight is 424 g/mol. The molecule has 1 heterocycles. The molecular weight excluding hydrogens is 409 g/mol. The van der Waals surface area contributed by atoms with E-state index in [4.69, 9.17) is 4.42 Å². The van der Waals surface area contributed by atoms with Gasteiger partial charge in [0.05, 0.1) is 0 Å². The van der Waals surface area contributed by atoms with Crippen molar-refractivity contribution in [3.8, 4) is 11.5 Å². The third-order valence-electron chi connectivity index (χ3n) is 4.08. The first-order chi connectivity index (χ1) is 13.2. The molecule has 0 unspecified atom stereocenters. The normalized spacial score (nSPS) is 11.9. The van der Waals surface area contributed by atoms with Crippen molar-refractivity contribution >= 4 is 21.6 Å². The quantitative estimate of drug-likeness (QED) is 0.437. The van der Waals surface area contributed by atoms with Crippen LogP contribution in [0.4, 0.5) is 10.1 Å². The number of anilines is 1. The first kappa shape index (κ1) is 17.4. The zero-order chi connectivity index (χ0) is 18.6. The van der Waals surface area contributed by atoms with Gasteiger partial charge in [-0.3, -0.25) is 0 Å². The van der Waals surface area contributed by atoms with E-state index < -0.39 is 6.04 Å². The summed E-state index contributed by atoms with van der Waals surface area (Å²) in [6, 6.07) is 23.0. The highest BCUT2D eigenvalue weighted by atomic mass is 79.9. The van der Waals surface area contributed by atoms with E-state index in [-0.39, 0.29) is 5.82 Å². The summed E-state index contributed by atoms with van der Waals surface area (Å²) in [7, 11) is 0. The van der Waals surface area contributed by atoms with Crippen molar-refractivity contribution in [1.82, 2.24) is 10.2 Å². The number of aromatic nitrogens is 2. The Labute approximate surface area is 164 Å². The van der Waals surface area contributed by atoms with Crippen LogP contribution in [0.1, 0.15) is 17.5 Å². The van der Waals surface area contributed by atoms with Gasteiger partial charge in [-0.25, -0.2) is 4.39 Å². The molecule has 4 rings (SSSR count). The Morgan fingerprint density at radius 3 is 2.30 bits per heavy atom. The Morgan fingerprint density at radius 2 is 1.56 bits per heavy atom. The van der Waals surface area contributed by atoms with Gasteiger partial charge in [0.1, 0.15) is 11.9 Å². The highest BCUT2D eigenvalue weighted by Crippen LogP contribution is 2.30. The molecule has 0 saturated carbocycles. The molecule has 1 atom stereocenters. The second-order valence-electron chi connectivity index (χ2n) is 5.92. The fourth-order valence-electron chi connectivity index (χ4n) is 2.74. The van der Waals surface area contributed by atoms with Crippen molar-refractivity contribution in [3.05, 3.63) is 101 Å². The van der Waals surface area contributed by atoms with Crippen molar-refractivity contribution < 1.29 is 8.81 Å². The van der Waals surface area contributed by atoms with E-state index in [1.165, 1.54) is 6.07 Å². The molecular formula is C21H15BrFN3O. The Kier molecular flexibility index (Phi) is 4.98. The molecule has 0 amide bonds. The van der Waals surface area contributed by atoms with Crippen LogP contribution < -0.4 is 5.32 Å². The van der Waals surface area contributed by atoms with Gasteiger partial charge in [-0.2, -0.15) is 0 Å². The van der Waals surface area contributed by atoms with Crippen LogP contribution in [0.3, 0.4) is 0 Å². The van der Waals surface area contributed by atoms with E-state index in [2.05, 4.69) is 31.4 Å². The summed E-state index contributed by atoms with van der Waals surface area (Å²) in [6.45, 7) is 0. The molecule has 6 heteroatoms. The number of nitrogens with one attached hydrogen (secondary N) is 1. The molecule has 4 aromatic rings. The lowest BCUT2D eigenvalue weighted by molar-refractivity contribution is 0.485. The van der Waals surface area contributed by atoms with Crippen LogP contribution in [0.2, 0.25) is 0 Å². The first-order valence-corrected chi connectivity index (χ1v) is 9.15. The molecule has 0 saturated heterocycles. The highest BCUT2D eigenvalue weighted by molar-refractivity contribution is 9.10. The fraction of sp³-hybridized carbons (Fsp3) is 0.0476. The predicted octanol–water partition coefficient (Wildman–Crippen LogP) is 5.84. The summed E-state index contributed by atoms with van der Waals surface area (Å²) in [4.78, 5) is 0. The lowest BCUT2D eigenvalue weighted by Gasteiger charge is -2.17. The van der Waals surface area contributed by atoms with Crippen molar-refractivity contribution in [2.75, 3.05) is 5.32 Å². The van der Waals surface area contributed by atoms with Gasteiger partial charge in [-0.15, -0.1) is 10.2 Å². The molecule has 4 nitrogen and oxygen atoms in total. The van der Waals surface area contributed by atoms with Crippen LogP contribution in [0.5, 0.6) is 0 Å². The van der Waals surface area contributed by atoms with Crippen LogP contribution in [-0.2, 0) is 0 Å². The van der Waals surface area contributed by atoms with Crippen molar-refractivity contribution in [2.45, 2.75) is 6.04 Å². The van der Waals surface area contributed by atoms with E-state index in [0.29, 0.717) is 17.3 Å². The maximum absolute atomic E-state index is 14.5. The second kappa shape index (κ2) is 7.72. The number of nitrogens with zero attached hydrogens (tertiary/aromatic N) is 2. The van der Waals surface area contributed by atoms with E-state index >= 15 is 0 Å². The third kappa shape index (κ3) is 3.90. The third-order valence-corrected chi connectivity index (χ3v) is 4.61. The highest BCUT2D eigenvalue weighted by Gasteiger charge is 2.24. The molecule has 0 radical (unpaired) electrons. The SMILES string of the molecule is Fc1ccccc1[C@H](Nc1ccc(Br)cc1)c1nnc(-c2ccccc2)o1. The van der Waals surface area contributed by atoms with Gasteiger partial charge >= 0.3 is 0 Å². The number of benzene rings is 3. The first-order valence-electron chi connectivity index (χ1n) is 8.36. The summed E-state index contributed by atoms with van der Waals surface area (Å²) in [5.74, 6) is 0.345. The number of rotatable bonds is 5. The van der Waals surface area contributed by atoms with E-state index in [9.17, 15) is 4.39 Å². The van der Waals surface area contributed by atoms with Gasteiger partial charge in [0, 0.05) is 21.3 Å². The minimum Gasteiger partial charge on any atom is -0.418 e. The molecule has 0 fully saturated rings. The molecule has 0 aliphatic rings. The van der Waals surface area contributed by atoms with Crippen LogP contribution in [-0.4, -0.2) is 10.2 Å². The largest absolute Gasteiger partial charge is 0.418 e. The van der Waals surface area contributed by atoms with E-state index in [0.717, 1.165) is 15.7 Å². The molecule has 3 aromatic carbocycles. The summed E-state index contributed by atoms with van der Waals surface area (Å²) in [6.07, 6.45) is 0. The number of hydrogen-bond donors (Lipinski definition) is 1. The lowest BCUT2D eigenvalue weighted by Crippen LogP contribution is -2.14. The zero-order valence-corrected chi connectivity index (χ0v) is 15.7. The summed E-state index contributed by atoms with van der Waals surface area (Å²) in [5, 5.41) is 11.6. The average Bonchev–Trinajstić information content (AvgIpc) is 3.19. The van der Waals surface area contributed by atoms with Crippen LogP contribution in [0.15, 0.2) is 87.8 Å². The van der Waals surface area contributed by atoms with Gasteiger partial charge in [0.25, 0.3) is 0 Å². The van der Waals surface area contributed by atoms with E-state index in [1.54, 1.807) is 18.2 Å². The smallest absolute Gasteiger partial charge is 0.247 e. The molecule has 27 heavy (non-hydrogen) atoms. The second-order valence-corrected chi connectivity index (χ2v) is 6.83. The Morgan fingerprint density at radius 1 is 0.852 bits per heavy atom. The van der Waals surface area contributed by atoms with Gasteiger partial charge in [0.2, 0.25) is 11.8 Å². The van der Waals surface area contributed by atoms with Gasteiger partial charge in [0.15, 0.2) is 0 Å². The summed E-state index contributed by atoms with van der Waals surface area (Å²) >= 11 is 3.41.